The van der Waals surface area contributed by atoms with Crippen LogP contribution >= 0.6 is 0 Å². The molecule has 0 aliphatic carbocycles. The first kappa shape index (κ1) is 13.6. The maximum absolute atomic E-state index is 13.0. The smallest absolute Gasteiger partial charge is 0.223 e. The van der Waals surface area contributed by atoms with Crippen molar-refractivity contribution in [2.24, 2.45) is 0 Å². The lowest BCUT2D eigenvalue weighted by atomic mass is 9.87. The first-order valence-electron chi connectivity index (χ1n) is 7.45. The second-order valence-corrected chi connectivity index (χ2v) is 5.93. The summed E-state index contributed by atoms with van der Waals surface area (Å²) in [5.74, 6) is 0.0195. The molecule has 0 aromatic heterocycles. The van der Waals surface area contributed by atoms with E-state index in [-0.39, 0.29) is 17.3 Å². The molecule has 3 rings (SSSR count). The van der Waals surface area contributed by atoms with E-state index >= 15 is 0 Å². The predicted octanol–water partition coefficient (Wildman–Crippen LogP) is 2.46. The largest absolute Gasteiger partial charge is 0.333 e. The number of nitrogens with zero attached hydrogens (tertiary/aromatic N) is 1. The number of carbonyl (C=O) groups excluding carboxylic acids is 1. The second-order valence-electron chi connectivity index (χ2n) is 5.93. The minimum absolute atomic E-state index is 0.0228. The van der Waals surface area contributed by atoms with Gasteiger partial charge in [0.15, 0.2) is 0 Å². The fourth-order valence-electron chi connectivity index (χ4n) is 3.54. The van der Waals surface area contributed by atoms with E-state index in [0.29, 0.717) is 13.0 Å². The van der Waals surface area contributed by atoms with Crippen molar-refractivity contribution in [3.63, 3.8) is 0 Å². The van der Waals surface area contributed by atoms with Crippen LogP contribution in [0.3, 0.4) is 0 Å². The summed E-state index contributed by atoms with van der Waals surface area (Å²) in [5, 5.41) is 3.42. The van der Waals surface area contributed by atoms with Crippen LogP contribution in [0.5, 0.6) is 0 Å². The van der Waals surface area contributed by atoms with Crippen molar-refractivity contribution in [3.05, 3.63) is 35.6 Å². The topological polar surface area (TPSA) is 32.3 Å². The number of benzene rings is 1. The molecule has 1 amide bonds. The van der Waals surface area contributed by atoms with E-state index in [9.17, 15) is 9.18 Å². The van der Waals surface area contributed by atoms with E-state index in [2.05, 4.69) is 5.32 Å². The van der Waals surface area contributed by atoms with Crippen LogP contribution in [0.1, 0.15) is 37.7 Å². The van der Waals surface area contributed by atoms with Crippen molar-refractivity contribution in [2.45, 2.75) is 44.2 Å². The molecule has 1 atom stereocenters. The maximum atomic E-state index is 13.0. The van der Waals surface area contributed by atoms with Gasteiger partial charge in [-0.15, -0.1) is 0 Å². The number of carbonyl (C=O) groups is 1. The van der Waals surface area contributed by atoms with Crippen molar-refractivity contribution in [1.82, 2.24) is 10.2 Å². The number of hydrogen-bond donors (Lipinski definition) is 1. The second kappa shape index (κ2) is 5.52. The molecule has 108 valence electrons. The van der Waals surface area contributed by atoms with Gasteiger partial charge in [-0.1, -0.05) is 12.1 Å². The van der Waals surface area contributed by atoms with Gasteiger partial charge in [-0.3, -0.25) is 4.79 Å². The summed E-state index contributed by atoms with van der Waals surface area (Å²) in [7, 11) is 0. The zero-order chi connectivity index (χ0) is 14.0. The Morgan fingerprint density at radius 2 is 1.95 bits per heavy atom. The van der Waals surface area contributed by atoms with Gasteiger partial charge in [-0.05, 0) is 56.5 Å². The van der Waals surface area contributed by atoms with E-state index in [1.807, 2.05) is 4.90 Å². The zero-order valence-corrected chi connectivity index (χ0v) is 11.7. The Bertz CT molecular complexity index is 478. The summed E-state index contributed by atoms with van der Waals surface area (Å²) < 4.78 is 13.0. The minimum Gasteiger partial charge on any atom is -0.333 e. The Hall–Kier alpha value is -1.42. The lowest BCUT2D eigenvalue weighted by Gasteiger charge is -2.38. The Balaban J connectivity index is 1.81. The zero-order valence-electron chi connectivity index (χ0n) is 11.7. The molecule has 0 radical (unpaired) electrons. The molecular weight excluding hydrogens is 255 g/mol. The molecule has 0 bridgehead atoms. The molecule has 2 heterocycles. The van der Waals surface area contributed by atoms with E-state index in [0.717, 1.165) is 44.3 Å². The van der Waals surface area contributed by atoms with Crippen LogP contribution in [-0.2, 0) is 11.3 Å². The highest BCUT2D eigenvalue weighted by Gasteiger charge is 2.44. The van der Waals surface area contributed by atoms with Crippen molar-refractivity contribution in [1.29, 1.82) is 0 Å². The van der Waals surface area contributed by atoms with Gasteiger partial charge in [-0.25, -0.2) is 4.39 Å². The Morgan fingerprint density at radius 1 is 1.15 bits per heavy atom. The van der Waals surface area contributed by atoms with Crippen LogP contribution in [0.2, 0.25) is 0 Å². The van der Waals surface area contributed by atoms with Gasteiger partial charge in [0.1, 0.15) is 5.82 Å². The Kier molecular flexibility index (Phi) is 3.74. The van der Waals surface area contributed by atoms with Crippen LogP contribution in [0.4, 0.5) is 4.39 Å². The van der Waals surface area contributed by atoms with Gasteiger partial charge >= 0.3 is 0 Å². The summed E-state index contributed by atoms with van der Waals surface area (Å²) in [5.41, 5.74) is 1.04. The molecule has 20 heavy (non-hydrogen) atoms. The monoisotopic (exact) mass is 276 g/mol. The molecule has 1 N–H and O–H groups in total. The van der Waals surface area contributed by atoms with Crippen LogP contribution in [0, 0.1) is 5.82 Å². The highest BCUT2D eigenvalue weighted by atomic mass is 19.1. The summed E-state index contributed by atoms with van der Waals surface area (Å²) in [4.78, 5) is 14.3. The SMILES string of the molecule is O=C1CCC2(CCCNCC2)N1Cc1ccc(F)cc1. The van der Waals surface area contributed by atoms with Crippen molar-refractivity contribution in [3.8, 4) is 0 Å². The van der Waals surface area contributed by atoms with Crippen LogP contribution in [-0.4, -0.2) is 29.4 Å². The van der Waals surface area contributed by atoms with Crippen molar-refractivity contribution in [2.75, 3.05) is 13.1 Å². The van der Waals surface area contributed by atoms with Crippen molar-refractivity contribution >= 4 is 5.91 Å². The summed E-state index contributed by atoms with van der Waals surface area (Å²) in [6, 6.07) is 6.50. The minimum atomic E-state index is -0.227. The Labute approximate surface area is 119 Å². The fourth-order valence-corrected chi connectivity index (χ4v) is 3.54. The molecule has 3 nitrogen and oxygen atoms in total. The number of halogens is 1. The number of nitrogens with one attached hydrogen (secondary N) is 1. The third-order valence-corrected chi connectivity index (χ3v) is 4.69. The molecule has 4 heteroatoms. The number of rotatable bonds is 2. The number of hydrogen-bond acceptors (Lipinski definition) is 2. The lowest BCUT2D eigenvalue weighted by Crippen LogP contribution is -2.45. The summed E-state index contributed by atoms with van der Waals surface area (Å²) in [6.07, 6.45) is 4.84. The van der Waals surface area contributed by atoms with Gasteiger partial charge in [0.25, 0.3) is 0 Å². The molecule has 2 fully saturated rings. The molecule has 2 aliphatic rings. The first-order valence-corrected chi connectivity index (χ1v) is 7.45. The van der Waals surface area contributed by atoms with Crippen LogP contribution in [0.25, 0.3) is 0 Å². The van der Waals surface area contributed by atoms with Crippen LogP contribution in [0.15, 0.2) is 24.3 Å². The van der Waals surface area contributed by atoms with E-state index in [4.69, 9.17) is 0 Å². The van der Waals surface area contributed by atoms with Gasteiger partial charge in [0.2, 0.25) is 5.91 Å². The van der Waals surface area contributed by atoms with E-state index < -0.39 is 0 Å². The highest BCUT2D eigenvalue weighted by molar-refractivity contribution is 5.79. The quantitative estimate of drug-likeness (QED) is 0.900. The Morgan fingerprint density at radius 3 is 2.75 bits per heavy atom. The standard InChI is InChI=1S/C16H21FN2O/c17-14-4-2-13(3-5-14)12-19-15(20)6-8-16(19)7-1-10-18-11-9-16/h2-5,18H,1,6-12H2. The highest BCUT2D eigenvalue weighted by Crippen LogP contribution is 2.39. The maximum Gasteiger partial charge on any atom is 0.223 e. The molecule has 2 aliphatic heterocycles. The fraction of sp³-hybridized carbons (Fsp3) is 0.562. The van der Waals surface area contributed by atoms with E-state index in [1.165, 1.54) is 12.1 Å². The number of amides is 1. The third-order valence-electron chi connectivity index (χ3n) is 4.69. The average Bonchev–Trinajstić information content (AvgIpc) is 2.65. The van der Waals surface area contributed by atoms with E-state index in [1.54, 1.807) is 12.1 Å². The normalized spacial score (nSPS) is 27.1. The predicted molar refractivity (Wildman–Crippen MR) is 75.6 cm³/mol. The molecule has 0 saturated carbocycles. The molecule has 2 saturated heterocycles. The van der Waals surface area contributed by atoms with Gasteiger partial charge in [-0.2, -0.15) is 0 Å². The van der Waals surface area contributed by atoms with Crippen LogP contribution < -0.4 is 5.32 Å². The lowest BCUT2D eigenvalue weighted by molar-refractivity contribution is -0.132. The number of likely N-dealkylation sites (tertiary alicyclic amines) is 1. The third kappa shape index (κ3) is 2.57. The van der Waals surface area contributed by atoms with Gasteiger partial charge in [0.05, 0.1) is 0 Å². The summed E-state index contributed by atoms with van der Waals surface area (Å²) in [6.45, 7) is 2.63. The first-order chi connectivity index (χ1) is 9.70. The molecule has 1 aromatic carbocycles. The summed E-state index contributed by atoms with van der Waals surface area (Å²) >= 11 is 0. The molecule has 1 spiro atoms. The van der Waals surface area contributed by atoms with Crippen molar-refractivity contribution < 1.29 is 9.18 Å². The average molecular weight is 276 g/mol. The molecular formula is C16H21FN2O. The van der Waals surface area contributed by atoms with Gasteiger partial charge < -0.3 is 10.2 Å². The van der Waals surface area contributed by atoms with Gasteiger partial charge in [0, 0.05) is 18.5 Å². The molecule has 1 unspecified atom stereocenters. The molecule has 1 aromatic rings.